The van der Waals surface area contributed by atoms with Gasteiger partial charge < -0.3 is 5.32 Å². The number of hydrogen-bond acceptors (Lipinski definition) is 2. The largest absolute Gasteiger partial charge is 0.325 e. The first-order chi connectivity index (χ1) is 8.07. The standard InChI is InChI=1S/C13H15IN2O/c1-3-13(4-2,9-15)12(17)16-11-7-5-10(14)6-8-11/h5-8H,3-4H2,1-2H3,(H,16,17). The number of carbonyl (C=O) groups excluding carboxylic acids is 1. The number of rotatable bonds is 4. The van der Waals surface area contributed by atoms with E-state index in [1.165, 1.54) is 0 Å². The molecule has 0 aliphatic heterocycles. The summed E-state index contributed by atoms with van der Waals surface area (Å²) in [6.07, 6.45) is 1.05. The highest BCUT2D eigenvalue weighted by Gasteiger charge is 2.34. The van der Waals surface area contributed by atoms with Crippen LogP contribution >= 0.6 is 22.6 Å². The number of carbonyl (C=O) groups is 1. The molecular weight excluding hydrogens is 327 g/mol. The summed E-state index contributed by atoms with van der Waals surface area (Å²) in [7, 11) is 0. The molecule has 1 aromatic carbocycles. The van der Waals surface area contributed by atoms with Crippen molar-refractivity contribution in [3.63, 3.8) is 0 Å². The molecule has 0 unspecified atom stereocenters. The first-order valence-corrected chi connectivity index (χ1v) is 6.64. The maximum Gasteiger partial charge on any atom is 0.244 e. The van der Waals surface area contributed by atoms with E-state index >= 15 is 0 Å². The highest BCUT2D eigenvalue weighted by atomic mass is 127. The number of anilines is 1. The van der Waals surface area contributed by atoms with Crippen LogP contribution in [0.1, 0.15) is 26.7 Å². The number of hydrogen-bond donors (Lipinski definition) is 1. The zero-order valence-corrected chi connectivity index (χ0v) is 12.1. The van der Waals surface area contributed by atoms with Crippen molar-refractivity contribution in [2.45, 2.75) is 26.7 Å². The van der Waals surface area contributed by atoms with Gasteiger partial charge >= 0.3 is 0 Å². The van der Waals surface area contributed by atoms with Gasteiger partial charge in [-0.3, -0.25) is 4.79 Å². The Morgan fingerprint density at radius 2 is 1.88 bits per heavy atom. The van der Waals surface area contributed by atoms with Gasteiger partial charge in [-0.15, -0.1) is 0 Å². The highest BCUT2D eigenvalue weighted by molar-refractivity contribution is 14.1. The lowest BCUT2D eigenvalue weighted by molar-refractivity contribution is -0.123. The lowest BCUT2D eigenvalue weighted by Gasteiger charge is -2.22. The van der Waals surface area contributed by atoms with Crippen molar-refractivity contribution in [3.8, 4) is 6.07 Å². The molecule has 0 heterocycles. The fourth-order valence-corrected chi connectivity index (χ4v) is 1.92. The Hall–Kier alpha value is -1.09. The Morgan fingerprint density at radius 3 is 2.29 bits per heavy atom. The zero-order valence-electron chi connectivity index (χ0n) is 9.96. The average molecular weight is 342 g/mol. The van der Waals surface area contributed by atoms with Crippen LogP contribution in [-0.2, 0) is 4.79 Å². The number of amides is 1. The Labute approximate surface area is 115 Å². The highest BCUT2D eigenvalue weighted by Crippen LogP contribution is 2.27. The van der Waals surface area contributed by atoms with E-state index in [0.29, 0.717) is 12.8 Å². The van der Waals surface area contributed by atoms with E-state index in [2.05, 4.69) is 34.0 Å². The minimum atomic E-state index is -0.914. The summed E-state index contributed by atoms with van der Waals surface area (Å²) in [5, 5.41) is 12.0. The number of halogens is 1. The van der Waals surface area contributed by atoms with Gasteiger partial charge in [0.15, 0.2) is 0 Å². The van der Waals surface area contributed by atoms with Crippen LogP contribution in [0.2, 0.25) is 0 Å². The van der Waals surface area contributed by atoms with Gasteiger partial charge in [-0.1, -0.05) is 13.8 Å². The van der Waals surface area contributed by atoms with Crippen molar-refractivity contribution >= 4 is 34.2 Å². The molecule has 0 aliphatic rings. The minimum Gasteiger partial charge on any atom is -0.325 e. The molecule has 0 radical (unpaired) electrons. The summed E-state index contributed by atoms with van der Waals surface area (Å²) in [4.78, 5) is 12.1. The van der Waals surface area contributed by atoms with Crippen molar-refractivity contribution in [2.75, 3.05) is 5.32 Å². The fraction of sp³-hybridized carbons (Fsp3) is 0.385. The third kappa shape index (κ3) is 3.19. The lowest BCUT2D eigenvalue weighted by atomic mass is 9.83. The van der Waals surface area contributed by atoms with Crippen LogP contribution in [-0.4, -0.2) is 5.91 Å². The van der Waals surface area contributed by atoms with E-state index in [0.717, 1.165) is 9.26 Å². The third-order valence-electron chi connectivity index (χ3n) is 2.96. The molecule has 1 amide bonds. The molecule has 0 atom stereocenters. The predicted octanol–water partition coefficient (Wildman–Crippen LogP) is 3.56. The fourth-order valence-electron chi connectivity index (χ4n) is 1.56. The monoisotopic (exact) mass is 342 g/mol. The van der Waals surface area contributed by atoms with Crippen molar-refractivity contribution < 1.29 is 4.79 Å². The van der Waals surface area contributed by atoms with Gasteiger partial charge in [0.25, 0.3) is 0 Å². The van der Waals surface area contributed by atoms with Crippen LogP contribution in [0.15, 0.2) is 24.3 Å². The van der Waals surface area contributed by atoms with Crippen molar-refractivity contribution in [3.05, 3.63) is 27.8 Å². The molecule has 0 fully saturated rings. The molecular formula is C13H15IN2O. The van der Waals surface area contributed by atoms with Crippen molar-refractivity contribution in [2.24, 2.45) is 5.41 Å². The van der Waals surface area contributed by atoms with Gasteiger partial charge in [-0.2, -0.15) is 5.26 Å². The van der Waals surface area contributed by atoms with E-state index < -0.39 is 5.41 Å². The molecule has 1 N–H and O–H groups in total. The average Bonchev–Trinajstić information content (AvgIpc) is 2.35. The van der Waals surface area contributed by atoms with Gasteiger partial charge in [0.2, 0.25) is 5.91 Å². The molecule has 1 rings (SSSR count). The summed E-state index contributed by atoms with van der Waals surface area (Å²) in [6, 6.07) is 9.65. The van der Waals surface area contributed by atoms with Crippen molar-refractivity contribution in [1.82, 2.24) is 0 Å². The number of nitriles is 1. The number of benzene rings is 1. The normalized spacial score (nSPS) is 10.7. The lowest BCUT2D eigenvalue weighted by Crippen LogP contribution is -2.33. The second kappa shape index (κ2) is 6.01. The summed E-state index contributed by atoms with van der Waals surface area (Å²) < 4.78 is 1.11. The summed E-state index contributed by atoms with van der Waals surface area (Å²) in [5.41, 5.74) is -0.180. The number of nitrogens with zero attached hydrogens (tertiary/aromatic N) is 1. The Balaban J connectivity index is 2.85. The molecule has 0 saturated heterocycles. The SMILES string of the molecule is CCC(C#N)(CC)C(=O)Nc1ccc(I)cc1. The zero-order chi connectivity index (χ0) is 12.9. The van der Waals surface area contributed by atoms with Gasteiger partial charge in [0, 0.05) is 9.26 Å². The summed E-state index contributed by atoms with van der Waals surface area (Å²) in [5.74, 6) is -0.216. The maximum atomic E-state index is 12.1. The predicted molar refractivity (Wildman–Crippen MR) is 76.4 cm³/mol. The van der Waals surface area contributed by atoms with Crippen LogP contribution in [0, 0.1) is 20.3 Å². The quantitative estimate of drug-likeness (QED) is 0.851. The third-order valence-corrected chi connectivity index (χ3v) is 3.68. The Kier molecular flexibility index (Phi) is 4.94. The van der Waals surface area contributed by atoms with Crippen LogP contribution in [0.5, 0.6) is 0 Å². The molecule has 0 bridgehead atoms. The van der Waals surface area contributed by atoms with Gasteiger partial charge in [-0.25, -0.2) is 0 Å². The van der Waals surface area contributed by atoms with Crippen LogP contribution in [0.25, 0.3) is 0 Å². The molecule has 3 nitrogen and oxygen atoms in total. The van der Waals surface area contributed by atoms with E-state index in [4.69, 9.17) is 5.26 Å². The molecule has 17 heavy (non-hydrogen) atoms. The van der Waals surface area contributed by atoms with Crippen molar-refractivity contribution in [1.29, 1.82) is 5.26 Å². The topological polar surface area (TPSA) is 52.9 Å². The van der Waals surface area contributed by atoms with Gasteiger partial charge in [0.05, 0.1) is 6.07 Å². The summed E-state index contributed by atoms with van der Waals surface area (Å²) in [6.45, 7) is 3.72. The van der Waals surface area contributed by atoms with E-state index in [9.17, 15) is 4.79 Å². The molecule has 1 aromatic rings. The first-order valence-electron chi connectivity index (χ1n) is 5.56. The molecule has 0 aliphatic carbocycles. The smallest absolute Gasteiger partial charge is 0.244 e. The Bertz CT molecular complexity index is 430. The van der Waals surface area contributed by atoms with Gasteiger partial charge in [-0.05, 0) is 59.7 Å². The summed E-state index contributed by atoms with van der Waals surface area (Å²) >= 11 is 2.20. The van der Waals surface area contributed by atoms with Crippen LogP contribution in [0.4, 0.5) is 5.69 Å². The van der Waals surface area contributed by atoms with Crippen LogP contribution in [0.3, 0.4) is 0 Å². The van der Waals surface area contributed by atoms with E-state index in [1.54, 1.807) is 0 Å². The first kappa shape index (κ1) is 14.0. The molecule has 4 heteroatoms. The molecule has 90 valence electrons. The molecule has 0 aromatic heterocycles. The second-order valence-corrected chi connectivity index (χ2v) is 5.11. The second-order valence-electron chi connectivity index (χ2n) is 3.86. The number of nitrogens with one attached hydrogen (secondary N) is 1. The molecule has 0 spiro atoms. The minimum absolute atomic E-state index is 0.216. The van der Waals surface area contributed by atoms with E-state index in [-0.39, 0.29) is 5.91 Å². The van der Waals surface area contributed by atoms with Crippen LogP contribution < -0.4 is 5.32 Å². The Morgan fingerprint density at radius 1 is 1.35 bits per heavy atom. The van der Waals surface area contributed by atoms with E-state index in [1.807, 2.05) is 38.1 Å². The van der Waals surface area contributed by atoms with Gasteiger partial charge in [0.1, 0.15) is 5.41 Å². The molecule has 0 saturated carbocycles. The maximum absolute atomic E-state index is 12.1.